The Hall–Kier alpha value is -3.62. The van der Waals surface area contributed by atoms with Crippen molar-refractivity contribution >= 4 is 11.6 Å². The number of hydrogen-bond acceptors (Lipinski definition) is 7. The van der Waals surface area contributed by atoms with Gasteiger partial charge in [0.1, 0.15) is 12.6 Å². The molecular weight excluding hydrogens is 510 g/mol. The highest BCUT2D eigenvalue weighted by Crippen LogP contribution is 2.24. The largest absolute Gasteiger partial charge is 0.416 e. The number of alkyl halides is 3. The molecule has 0 unspecified atom stereocenters. The predicted octanol–water partition coefficient (Wildman–Crippen LogP) is 2.50. The molecule has 36 heavy (non-hydrogen) atoms. The van der Waals surface area contributed by atoms with E-state index in [0.717, 1.165) is 15.4 Å². The van der Waals surface area contributed by atoms with Crippen LogP contribution in [0.5, 0.6) is 0 Å². The molecule has 0 aliphatic rings. The Morgan fingerprint density at radius 1 is 1.11 bits per heavy atom. The van der Waals surface area contributed by atoms with E-state index in [9.17, 15) is 32.6 Å². The molecule has 0 bridgehead atoms. The Morgan fingerprint density at radius 3 is 2.42 bits per heavy atom. The number of aliphatic hydroxyl groups excluding tert-OH is 2. The summed E-state index contributed by atoms with van der Waals surface area (Å²) in [5.74, 6) is -1.34. The summed E-state index contributed by atoms with van der Waals surface area (Å²) in [5, 5.41) is 28.2. The first-order valence-electron chi connectivity index (χ1n) is 10.4. The standard InChI is InChI=1S/C21H18ClF4N7O3/c1-11(34)17-28-16(29-33(17)19-14(23)3-2-8-27-19)10-32-20(36)31(9-15(35)21(24,25)26)18(30-32)12-4-6-13(22)7-5-12/h2-8,11,15,34-35H,9-10H2,1H3/t11-,15+/m1/s1. The first-order chi connectivity index (χ1) is 17.0. The quantitative estimate of drug-likeness (QED) is 0.354. The smallest absolute Gasteiger partial charge is 0.385 e. The van der Waals surface area contributed by atoms with Gasteiger partial charge in [-0.25, -0.2) is 23.8 Å². The third kappa shape index (κ3) is 5.15. The van der Waals surface area contributed by atoms with E-state index in [2.05, 4.69) is 20.2 Å². The molecule has 4 aromatic rings. The normalized spacial score (nSPS) is 13.7. The number of pyridine rings is 1. The maximum Gasteiger partial charge on any atom is 0.416 e. The molecule has 0 radical (unpaired) electrons. The Bertz CT molecular complexity index is 1430. The lowest BCUT2D eigenvalue weighted by Gasteiger charge is -2.15. The van der Waals surface area contributed by atoms with Gasteiger partial charge >= 0.3 is 11.9 Å². The van der Waals surface area contributed by atoms with E-state index in [4.69, 9.17) is 11.6 Å². The highest BCUT2D eigenvalue weighted by molar-refractivity contribution is 6.30. The van der Waals surface area contributed by atoms with Crippen molar-refractivity contribution < 1.29 is 27.8 Å². The van der Waals surface area contributed by atoms with Crippen molar-refractivity contribution in [2.24, 2.45) is 0 Å². The topological polar surface area (TPSA) is 124 Å². The number of nitrogens with zero attached hydrogens (tertiary/aromatic N) is 7. The molecule has 10 nitrogen and oxygen atoms in total. The molecular formula is C21H18ClF4N7O3. The van der Waals surface area contributed by atoms with E-state index in [-0.39, 0.29) is 28.9 Å². The summed E-state index contributed by atoms with van der Waals surface area (Å²) in [6.07, 6.45) is -7.70. The van der Waals surface area contributed by atoms with E-state index in [1.54, 1.807) is 0 Å². The van der Waals surface area contributed by atoms with Crippen molar-refractivity contribution in [1.29, 1.82) is 0 Å². The molecule has 0 saturated carbocycles. The molecule has 0 amide bonds. The Labute approximate surface area is 205 Å². The monoisotopic (exact) mass is 527 g/mol. The summed E-state index contributed by atoms with van der Waals surface area (Å²) in [7, 11) is 0. The Kier molecular flexibility index (Phi) is 6.93. The lowest BCUT2D eigenvalue weighted by atomic mass is 10.2. The summed E-state index contributed by atoms with van der Waals surface area (Å²) in [4.78, 5) is 21.0. The van der Waals surface area contributed by atoms with Gasteiger partial charge in [-0.05, 0) is 43.3 Å². The highest BCUT2D eigenvalue weighted by atomic mass is 35.5. The molecule has 0 spiro atoms. The lowest BCUT2D eigenvalue weighted by Crippen LogP contribution is -2.37. The molecule has 3 aromatic heterocycles. The van der Waals surface area contributed by atoms with Crippen LogP contribution in [-0.2, 0) is 13.1 Å². The van der Waals surface area contributed by atoms with Gasteiger partial charge in [-0.3, -0.25) is 4.57 Å². The third-order valence-corrected chi connectivity index (χ3v) is 5.29. The SMILES string of the molecule is C[C@@H](O)c1nc(Cn2nc(-c3ccc(Cl)cc3)n(C[C@H](O)C(F)(F)F)c2=O)nn1-c1ncccc1F. The molecule has 3 heterocycles. The first kappa shape index (κ1) is 25.5. The van der Waals surface area contributed by atoms with Crippen LogP contribution >= 0.6 is 11.6 Å². The molecule has 0 saturated heterocycles. The number of rotatable bonds is 7. The van der Waals surface area contributed by atoms with Crippen LogP contribution < -0.4 is 5.69 Å². The zero-order valence-corrected chi connectivity index (χ0v) is 19.2. The van der Waals surface area contributed by atoms with Gasteiger partial charge in [0.25, 0.3) is 0 Å². The fourth-order valence-electron chi connectivity index (χ4n) is 3.33. The van der Waals surface area contributed by atoms with Gasteiger partial charge in [0.15, 0.2) is 35.2 Å². The van der Waals surface area contributed by atoms with E-state index in [1.165, 1.54) is 43.5 Å². The van der Waals surface area contributed by atoms with Crippen molar-refractivity contribution in [1.82, 2.24) is 34.1 Å². The molecule has 4 rings (SSSR count). The van der Waals surface area contributed by atoms with Crippen molar-refractivity contribution in [3.63, 3.8) is 0 Å². The first-order valence-corrected chi connectivity index (χ1v) is 10.8. The molecule has 2 N–H and O–H groups in total. The molecule has 0 aliphatic heterocycles. The summed E-state index contributed by atoms with van der Waals surface area (Å²) >= 11 is 5.88. The second-order valence-corrected chi connectivity index (χ2v) is 8.16. The zero-order chi connectivity index (χ0) is 26.2. The van der Waals surface area contributed by atoms with E-state index >= 15 is 0 Å². The van der Waals surface area contributed by atoms with Crippen LogP contribution in [0.3, 0.4) is 0 Å². The van der Waals surface area contributed by atoms with Crippen molar-refractivity contribution in [2.75, 3.05) is 0 Å². The molecule has 1 aromatic carbocycles. The number of benzene rings is 1. The van der Waals surface area contributed by atoms with Gasteiger partial charge < -0.3 is 10.2 Å². The Balaban J connectivity index is 1.78. The van der Waals surface area contributed by atoms with Crippen LogP contribution in [0.2, 0.25) is 5.02 Å². The predicted molar refractivity (Wildman–Crippen MR) is 118 cm³/mol. The number of halogens is 5. The average Bonchev–Trinajstić information content (AvgIpc) is 3.36. The summed E-state index contributed by atoms with van der Waals surface area (Å²) in [5.41, 5.74) is -0.717. The fourth-order valence-corrected chi connectivity index (χ4v) is 3.45. The highest BCUT2D eigenvalue weighted by Gasteiger charge is 2.39. The van der Waals surface area contributed by atoms with E-state index in [1.807, 2.05) is 0 Å². The average molecular weight is 528 g/mol. The van der Waals surface area contributed by atoms with Crippen LogP contribution in [0.1, 0.15) is 24.7 Å². The summed E-state index contributed by atoms with van der Waals surface area (Å²) in [6.45, 7) is -0.181. The van der Waals surface area contributed by atoms with Gasteiger partial charge in [-0.1, -0.05) is 11.6 Å². The lowest BCUT2D eigenvalue weighted by molar-refractivity contribution is -0.207. The molecule has 0 fully saturated rings. The number of aromatic nitrogens is 7. The zero-order valence-electron chi connectivity index (χ0n) is 18.4. The summed E-state index contributed by atoms with van der Waals surface area (Å²) in [6, 6.07) is 8.32. The van der Waals surface area contributed by atoms with Gasteiger partial charge in [-0.2, -0.15) is 17.9 Å². The van der Waals surface area contributed by atoms with Gasteiger partial charge in [-0.15, -0.1) is 10.2 Å². The Morgan fingerprint density at radius 2 is 1.81 bits per heavy atom. The van der Waals surface area contributed by atoms with E-state index < -0.39 is 43.0 Å². The van der Waals surface area contributed by atoms with Crippen molar-refractivity contribution in [2.45, 2.75) is 38.4 Å². The maximum atomic E-state index is 14.3. The van der Waals surface area contributed by atoms with Crippen LogP contribution in [0.25, 0.3) is 17.2 Å². The van der Waals surface area contributed by atoms with Crippen LogP contribution in [-0.4, -0.2) is 56.6 Å². The molecule has 0 aliphatic carbocycles. The van der Waals surface area contributed by atoms with Crippen molar-refractivity contribution in [3.05, 3.63) is 75.6 Å². The van der Waals surface area contributed by atoms with Crippen molar-refractivity contribution in [3.8, 4) is 17.2 Å². The van der Waals surface area contributed by atoms with Crippen LogP contribution in [0.15, 0.2) is 47.4 Å². The second-order valence-electron chi connectivity index (χ2n) is 7.72. The number of aliphatic hydroxyl groups is 2. The third-order valence-electron chi connectivity index (χ3n) is 5.04. The molecule has 2 atom stereocenters. The van der Waals surface area contributed by atoms with Crippen LogP contribution in [0, 0.1) is 5.82 Å². The molecule has 190 valence electrons. The minimum atomic E-state index is -4.97. The van der Waals surface area contributed by atoms with E-state index in [0.29, 0.717) is 9.59 Å². The minimum Gasteiger partial charge on any atom is -0.385 e. The molecule has 15 heteroatoms. The van der Waals surface area contributed by atoms with Gasteiger partial charge in [0, 0.05) is 16.8 Å². The summed E-state index contributed by atoms with van der Waals surface area (Å²) < 4.78 is 55.8. The maximum absolute atomic E-state index is 14.3. The number of hydrogen-bond donors (Lipinski definition) is 2. The fraction of sp³-hybridized carbons (Fsp3) is 0.286. The van der Waals surface area contributed by atoms with Gasteiger partial charge in [0.05, 0.1) is 6.54 Å². The van der Waals surface area contributed by atoms with Crippen LogP contribution in [0.4, 0.5) is 17.6 Å². The minimum absolute atomic E-state index is 0.0829. The second kappa shape index (κ2) is 9.79. The van der Waals surface area contributed by atoms with Gasteiger partial charge in [0.2, 0.25) is 0 Å².